The molecule has 1 aliphatic carbocycles. The molecule has 1 saturated carbocycles. The molecule has 1 aromatic carbocycles. The van der Waals surface area contributed by atoms with Crippen molar-refractivity contribution in [1.29, 1.82) is 0 Å². The SMILES string of the molecule is C[C@H]1CN(CCC(=O)C2CCCCC2)CC[C@]1(C)c1cccc(O)c1. The molecule has 138 valence electrons. The van der Waals surface area contributed by atoms with E-state index < -0.39 is 0 Å². The third kappa shape index (κ3) is 4.25. The van der Waals surface area contributed by atoms with Gasteiger partial charge in [0.2, 0.25) is 0 Å². The summed E-state index contributed by atoms with van der Waals surface area (Å²) in [5.74, 6) is 1.70. The van der Waals surface area contributed by atoms with E-state index >= 15 is 0 Å². The molecule has 0 radical (unpaired) electrons. The highest BCUT2D eigenvalue weighted by molar-refractivity contribution is 5.81. The number of Topliss-reactive ketones (excluding diaryl/α,β-unsaturated/α-hetero) is 1. The van der Waals surface area contributed by atoms with Gasteiger partial charge in [0.05, 0.1) is 0 Å². The molecule has 0 aromatic heterocycles. The van der Waals surface area contributed by atoms with Crippen LogP contribution in [0.1, 0.15) is 64.4 Å². The predicted molar refractivity (Wildman–Crippen MR) is 102 cm³/mol. The van der Waals surface area contributed by atoms with E-state index in [4.69, 9.17) is 0 Å². The Morgan fingerprint density at radius 3 is 2.72 bits per heavy atom. The Hall–Kier alpha value is -1.35. The van der Waals surface area contributed by atoms with Crippen molar-refractivity contribution in [1.82, 2.24) is 4.90 Å². The Balaban J connectivity index is 1.53. The second-order valence-corrected chi connectivity index (χ2v) is 8.47. The van der Waals surface area contributed by atoms with Gasteiger partial charge in [-0.25, -0.2) is 0 Å². The molecule has 1 N–H and O–H groups in total. The lowest BCUT2D eigenvalue weighted by Crippen LogP contribution is -2.47. The zero-order valence-electron chi connectivity index (χ0n) is 15.8. The Kier molecular flexibility index (Phi) is 5.83. The zero-order valence-corrected chi connectivity index (χ0v) is 15.8. The van der Waals surface area contributed by atoms with Crippen LogP contribution in [0.2, 0.25) is 0 Å². The van der Waals surface area contributed by atoms with Crippen LogP contribution >= 0.6 is 0 Å². The topological polar surface area (TPSA) is 40.5 Å². The molecule has 2 fully saturated rings. The van der Waals surface area contributed by atoms with Crippen LogP contribution in [0.4, 0.5) is 0 Å². The summed E-state index contributed by atoms with van der Waals surface area (Å²) in [5, 5.41) is 9.82. The fourth-order valence-corrected chi connectivity index (χ4v) is 4.71. The normalized spacial score (nSPS) is 28.8. The van der Waals surface area contributed by atoms with Gasteiger partial charge < -0.3 is 10.0 Å². The quantitative estimate of drug-likeness (QED) is 0.854. The summed E-state index contributed by atoms with van der Waals surface area (Å²) in [6.45, 7) is 7.60. The molecule has 1 aliphatic heterocycles. The zero-order chi connectivity index (χ0) is 17.9. The average Bonchev–Trinajstić information content (AvgIpc) is 2.63. The molecule has 3 rings (SSSR count). The van der Waals surface area contributed by atoms with Crippen LogP contribution in [-0.4, -0.2) is 35.4 Å². The van der Waals surface area contributed by atoms with E-state index in [-0.39, 0.29) is 5.41 Å². The molecule has 0 bridgehead atoms. The van der Waals surface area contributed by atoms with E-state index in [1.807, 2.05) is 12.1 Å². The molecular weight excluding hydrogens is 310 g/mol. The van der Waals surface area contributed by atoms with Gasteiger partial charge in [-0.3, -0.25) is 4.79 Å². The van der Waals surface area contributed by atoms with Gasteiger partial charge in [0.1, 0.15) is 11.5 Å². The van der Waals surface area contributed by atoms with Crippen molar-refractivity contribution in [2.75, 3.05) is 19.6 Å². The van der Waals surface area contributed by atoms with Crippen LogP contribution in [0.5, 0.6) is 5.75 Å². The minimum absolute atomic E-state index is 0.0998. The number of phenols is 1. The predicted octanol–water partition coefficient (Wildman–Crippen LogP) is 4.53. The van der Waals surface area contributed by atoms with Gasteiger partial charge in [0.25, 0.3) is 0 Å². The van der Waals surface area contributed by atoms with Crippen molar-refractivity contribution >= 4 is 5.78 Å². The molecular formula is C22H33NO2. The molecule has 3 nitrogen and oxygen atoms in total. The minimum Gasteiger partial charge on any atom is -0.508 e. The molecule has 1 heterocycles. The van der Waals surface area contributed by atoms with Crippen molar-refractivity contribution in [2.24, 2.45) is 11.8 Å². The van der Waals surface area contributed by atoms with Gasteiger partial charge >= 0.3 is 0 Å². The van der Waals surface area contributed by atoms with E-state index in [0.717, 1.165) is 45.3 Å². The Bertz CT molecular complexity index is 593. The number of piperidine rings is 1. The summed E-state index contributed by atoms with van der Waals surface area (Å²) in [7, 11) is 0. The lowest BCUT2D eigenvalue weighted by Gasteiger charge is -2.45. The smallest absolute Gasteiger partial charge is 0.137 e. The number of carbonyl (C=O) groups is 1. The van der Waals surface area contributed by atoms with Crippen LogP contribution in [-0.2, 0) is 10.2 Å². The summed E-state index contributed by atoms with van der Waals surface area (Å²) < 4.78 is 0. The van der Waals surface area contributed by atoms with Crippen molar-refractivity contribution in [3.63, 3.8) is 0 Å². The van der Waals surface area contributed by atoms with Crippen LogP contribution in [0.25, 0.3) is 0 Å². The largest absolute Gasteiger partial charge is 0.508 e. The Morgan fingerprint density at radius 2 is 2.04 bits per heavy atom. The van der Waals surface area contributed by atoms with Crippen LogP contribution in [0.3, 0.4) is 0 Å². The van der Waals surface area contributed by atoms with Crippen LogP contribution in [0, 0.1) is 11.8 Å². The van der Waals surface area contributed by atoms with Crippen molar-refractivity contribution in [2.45, 2.75) is 64.2 Å². The number of rotatable bonds is 5. The highest BCUT2D eigenvalue weighted by atomic mass is 16.3. The molecule has 0 amide bonds. The van der Waals surface area contributed by atoms with Gasteiger partial charge in [-0.2, -0.15) is 0 Å². The minimum atomic E-state index is 0.0998. The highest BCUT2D eigenvalue weighted by Gasteiger charge is 2.38. The maximum absolute atomic E-state index is 12.5. The average molecular weight is 344 g/mol. The standard InChI is InChI=1S/C22H33NO2/c1-17-16-23(13-11-21(25)18-7-4-3-5-8-18)14-12-22(17,2)19-9-6-10-20(24)15-19/h6,9-10,15,17-18,24H,3-5,7-8,11-14,16H2,1-2H3/t17-,22-/m0/s1. The van der Waals surface area contributed by atoms with Gasteiger partial charge in [-0.05, 0) is 54.8 Å². The summed E-state index contributed by atoms with van der Waals surface area (Å²) in [6.07, 6.45) is 7.81. The van der Waals surface area contributed by atoms with E-state index in [0.29, 0.717) is 23.4 Å². The molecule has 2 atom stereocenters. The molecule has 1 saturated heterocycles. The van der Waals surface area contributed by atoms with Gasteiger partial charge in [0.15, 0.2) is 0 Å². The van der Waals surface area contributed by atoms with Crippen LogP contribution < -0.4 is 0 Å². The van der Waals surface area contributed by atoms with Gasteiger partial charge in [-0.15, -0.1) is 0 Å². The number of nitrogens with zero attached hydrogens (tertiary/aromatic N) is 1. The number of aromatic hydroxyl groups is 1. The first-order chi connectivity index (χ1) is 12.0. The van der Waals surface area contributed by atoms with Gasteiger partial charge in [0, 0.05) is 25.4 Å². The number of phenolic OH excluding ortho intramolecular Hbond substituents is 1. The second-order valence-electron chi connectivity index (χ2n) is 8.47. The van der Waals surface area contributed by atoms with Gasteiger partial charge in [-0.1, -0.05) is 45.2 Å². The van der Waals surface area contributed by atoms with Crippen molar-refractivity contribution < 1.29 is 9.90 Å². The third-order valence-corrected chi connectivity index (χ3v) is 6.81. The van der Waals surface area contributed by atoms with Crippen molar-refractivity contribution in [3.8, 4) is 5.75 Å². The molecule has 25 heavy (non-hydrogen) atoms. The lowest BCUT2D eigenvalue weighted by atomic mass is 9.68. The number of benzene rings is 1. The number of carbonyl (C=O) groups excluding carboxylic acids is 1. The maximum atomic E-state index is 12.5. The Labute approximate surface area is 152 Å². The number of ketones is 1. The van der Waals surface area contributed by atoms with E-state index in [9.17, 15) is 9.90 Å². The maximum Gasteiger partial charge on any atom is 0.137 e. The Morgan fingerprint density at radius 1 is 1.28 bits per heavy atom. The number of likely N-dealkylation sites (tertiary alicyclic amines) is 1. The summed E-state index contributed by atoms with van der Waals surface area (Å²) in [4.78, 5) is 14.9. The van der Waals surface area contributed by atoms with Crippen molar-refractivity contribution in [3.05, 3.63) is 29.8 Å². The first kappa shape index (κ1) is 18.4. The summed E-state index contributed by atoms with van der Waals surface area (Å²) in [6, 6.07) is 7.73. The third-order valence-electron chi connectivity index (χ3n) is 6.81. The fraction of sp³-hybridized carbons (Fsp3) is 0.682. The second kappa shape index (κ2) is 7.90. The number of hydrogen-bond acceptors (Lipinski definition) is 3. The molecule has 1 aromatic rings. The number of hydrogen-bond donors (Lipinski definition) is 1. The summed E-state index contributed by atoms with van der Waals surface area (Å²) >= 11 is 0. The lowest BCUT2D eigenvalue weighted by molar-refractivity contribution is -0.124. The highest BCUT2D eigenvalue weighted by Crippen LogP contribution is 2.40. The molecule has 3 heteroatoms. The van der Waals surface area contributed by atoms with Crippen LogP contribution in [0.15, 0.2) is 24.3 Å². The van der Waals surface area contributed by atoms with E-state index in [1.165, 1.54) is 24.8 Å². The fourth-order valence-electron chi connectivity index (χ4n) is 4.71. The first-order valence-electron chi connectivity index (χ1n) is 10.0. The molecule has 2 aliphatic rings. The molecule has 0 spiro atoms. The monoisotopic (exact) mass is 343 g/mol. The first-order valence-corrected chi connectivity index (χ1v) is 10.0. The summed E-state index contributed by atoms with van der Waals surface area (Å²) in [5.41, 5.74) is 1.33. The van der Waals surface area contributed by atoms with E-state index in [1.54, 1.807) is 6.07 Å². The molecule has 0 unspecified atom stereocenters. The van der Waals surface area contributed by atoms with E-state index in [2.05, 4.69) is 24.8 Å².